The SMILES string of the molecule is Oc1c(Br)cc(Br)cc1[C@H]1CCCCN1. The summed E-state index contributed by atoms with van der Waals surface area (Å²) in [6.07, 6.45) is 3.55. The van der Waals surface area contributed by atoms with Crippen LogP contribution in [0.4, 0.5) is 0 Å². The standard InChI is InChI=1S/C11H13Br2NO/c12-7-5-8(11(15)9(13)6-7)10-3-1-2-4-14-10/h5-6,10,14-15H,1-4H2/t10-/m1/s1. The highest BCUT2D eigenvalue weighted by Crippen LogP contribution is 2.37. The van der Waals surface area contributed by atoms with E-state index in [0.717, 1.165) is 27.5 Å². The minimum atomic E-state index is 0.285. The zero-order valence-electron chi connectivity index (χ0n) is 8.26. The third-order valence-corrected chi connectivity index (χ3v) is 3.81. The van der Waals surface area contributed by atoms with Crippen molar-refractivity contribution in [2.75, 3.05) is 6.54 Å². The van der Waals surface area contributed by atoms with E-state index < -0.39 is 0 Å². The molecule has 15 heavy (non-hydrogen) atoms. The second kappa shape index (κ2) is 4.85. The minimum Gasteiger partial charge on any atom is -0.506 e. The maximum absolute atomic E-state index is 9.97. The number of halogens is 2. The van der Waals surface area contributed by atoms with Crippen molar-refractivity contribution in [2.45, 2.75) is 25.3 Å². The summed E-state index contributed by atoms with van der Waals surface area (Å²) < 4.78 is 1.74. The van der Waals surface area contributed by atoms with E-state index in [4.69, 9.17) is 0 Å². The summed E-state index contributed by atoms with van der Waals surface area (Å²) in [6, 6.07) is 4.14. The van der Waals surface area contributed by atoms with Crippen LogP contribution in [0.25, 0.3) is 0 Å². The van der Waals surface area contributed by atoms with E-state index in [-0.39, 0.29) is 6.04 Å². The summed E-state index contributed by atoms with van der Waals surface area (Å²) in [5.74, 6) is 0.359. The number of phenolic OH excluding ortho intramolecular Hbond substituents is 1. The lowest BCUT2D eigenvalue weighted by Crippen LogP contribution is -2.26. The number of hydrogen-bond acceptors (Lipinski definition) is 2. The molecule has 0 radical (unpaired) electrons. The smallest absolute Gasteiger partial charge is 0.134 e. The first-order chi connectivity index (χ1) is 7.18. The normalized spacial score (nSPS) is 21.6. The van der Waals surface area contributed by atoms with Crippen molar-refractivity contribution in [3.05, 3.63) is 26.6 Å². The highest BCUT2D eigenvalue weighted by atomic mass is 79.9. The van der Waals surface area contributed by atoms with E-state index in [2.05, 4.69) is 37.2 Å². The maximum Gasteiger partial charge on any atom is 0.134 e. The Labute approximate surface area is 106 Å². The number of phenols is 1. The summed E-state index contributed by atoms with van der Waals surface area (Å²) in [6.45, 7) is 1.04. The summed E-state index contributed by atoms with van der Waals surface area (Å²) in [4.78, 5) is 0. The van der Waals surface area contributed by atoms with Crippen LogP contribution in [0.1, 0.15) is 30.9 Å². The Balaban J connectivity index is 2.33. The van der Waals surface area contributed by atoms with E-state index >= 15 is 0 Å². The average Bonchev–Trinajstić information content (AvgIpc) is 2.24. The second-order valence-corrected chi connectivity index (χ2v) is 5.60. The van der Waals surface area contributed by atoms with Gasteiger partial charge in [0.2, 0.25) is 0 Å². The fourth-order valence-corrected chi connectivity index (χ4v) is 3.23. The van der Waals surface area contributed by atoms with Gasteiger partial charge in [-0.2, -0.15) is 0 Å². The molecule has 1 atom stereocenters. The predicted molar refractivity (Wildman–Crippen MR) is 68.1 cm³/mol. The molecule has 2 nitrogen and oxygen atoms in total. The number of benzene rings is 1. The summed E-state index contributed by atoms with van der Waals surface area (Å²) in [5, 5.41) is 13.4. The van der Waals surface area contributed by atoms with Gasteiger partial charge >= 0.3 is 0 Å². The van der Waals surface area contributed by atoms with Gasteiger partial charge in [-0.05, 0) is 47.4 Å². The van der Waals surface area contributed by atoms with Gasteiger partial charge in [-0.25, -0.2) is 0 Å². The van der Waals surface area contributed by atoms with Crippen molar-refractivity contribution >= 4 is 31.9 Å². The Morgan fingerprint density at radius 3 is 2.73 bits per heavy atom. The van der Waals surface area contributed by atoms with Crippen molar-refractivity contribution in [1.29, 1.82) is 0 Å². The first-order valence-electron chi connectivity index (χ1n) is 5.10. The number of nitrogens with one attached hydrogen (secondary N) is 1. The van der Waals surface area contributed by atoms with Gasteiger partial charge in [-0.15, -0.1) is 0 Å². The van der Waals surface area contributed by atoms with Crippen LogP contribution in [0.15, 0.2) is 21.1 Å². The molecule has 1 aromatic carbocycles. The van der Waals surface area contributed by atoms with Crippen molar-refractivity contribution < 1.29 is 5.11 Å². The Bertz CT molecular complexity index is 362. The van der Waals surface area contributed by atoms with Gasteiger partial charge in [0.15, 0.2) is 0 Å². The summed E-state index contributed by atoms with van der Waals surface area (Å²) >= 11 is 6.80. The van der Waals surface area contributed by atoms with Crippen molar-refractivity contribution in [3.63, 3.8) is 0 Å². The molecular weight excluding hydrogens is 322 g/mol. The van der Waals surface area contributed by atoms with Gasteiger partial charge in [-0.1, -0.05) is 22.4 Å². The molecule has 1 heterocycles. The Morgan fingerprint density at radius 1 is 1.27 bits per heavy atom. The van der Waals surface area contributed by atoms with Gasteiger partial charge in [0, 0.05) is 16.1 Å². The van der Waals surface area contributed by atoms with Gasteiger partial charge < -0.3 is 10.4 Å². The van der Waals surface area contributed by atoms with E-state index in [1.54, 1.807) is 0 Å². The zero-order chi connectivity index (χ0) is 10.8. The van der Waals surface area contributed by atoms with Crippen molar-refractivity contribution in [3.8, 4) is 5.75 Å². The Hall–Kier alpha value is -0.0600. The molecule has 0 saturated carbocycles. The molecule has 0 unspecified atom stereocenters. The molecule has 2 rings (SSSR count). The van der Waals surface area contributed by atoms with Crippen LogP contribution in [-0.4, -0.2) is 11.7 Å². The highest BCUT2D eigenvalue weighted by molar-refractivity contribution is 9.11. The lowest BCUT2D eigenvalue weighted by molar-refractivity contribution is 0.389. The largest absolute Gasteiger partial charge is 0.506 e. The first kappa shape index (κ1) is 11.4. The number of aromatic hydroxyl groups is 1. The van der Waals surface area contributed by atoms with Crippen LogP contribution in [0.2, 0.25) is 0 Å². The third kappa shape index (κ3) is 2.55. The van der Waals surface area contributed by atoms with E-state index in [0.29, 0.717) is 5.75 Å². The Kier molecular flexibility index (Phi) is 3.69. The molecule has 82 valence electrons. The van der Waals surface area contributed by atoms with Gasteiger partial charge in [0.05, 0.1) is 4.47 Å². The average molecular weight is 335 g/mol. The lowest BCUT2D eigenvalue weighted by Gasteiger charge is -2.25. The van der Waals surface area contributed by atoms with Crippen LogP contribution >= 0.6 is 31.9 Å². The van der Waals surface area contributed by atoms with Crippen LogP contribution in [0.3, 0.4) is 0 Å². The number of piperidine rings is 1. The Morgan fingerprint density at radius 2 is 2.07 bits per heavy atom. The number of hydrogen-bond donors (Lipinski definition) is 2. The van der Waals surface area contributed by atoms with Crippen LogP contribution < -0.4 is 5.32 Å². The molecule has 4 heteroatoms. The zero-order valence-corrected chi connectivity index (χ0v) is 11.4. The lowest BCUT2D eigenvalue weighted by atomic mass is 9.97. The van der Waals surface area contributed by atoms with Crippen LogP contribution in [0, 0.1) is 0 Å². The monoisotopic (exact) mass is 333 g/mol. The molecule has 0 bridgehead atoms. The van der Waals surface area contributed by atoms with Gasteiger partial charge in [0.25, 0.3) is 0 Å². The second-order valence-electron chi connectivity index (χ2n) is 3.83. The molecule has 1 aromatic rings. The molecule has 1 saturated heterocycles. The topological polar surface area (TPSA) is 32.3 Å². The highest BCUT2D eigenvalue weighted by Gasteiger charge is 2.19. The summed E-state index contributed by atoms with van der Waals surface area (Å²) in [7, 11) is 0. The maximum atomic E-state index is 9.97. The van der Waals surface area contributed by atoms with E-state index in [1.165, 1.54) is 12.8 Å². The molecule has 0 aromatic heterocycles. The molecule has 1 aliphatic heterocycles. The van der Waals surface area contributed by atoms with E-state index in [9.17, 15) is 5.11 Å². The molecule has 0 aliphatic carbocycles. The fourth-order valence-electron chi connectivity index (χ4n) is 1.97. The van der Waals surface area contributed by atoms with Crippen molar-refractivity contribution in [1.82, 2.24) is 5.32 Å². The molecule has 1 fully saturated rings. The quantitative estimate of drug-likeness (QED) is 0.820. The minimum absolute atomic E-state index is 0.285. The van der Waals surface area contributed by atoms with Crippen LogP contribution in [0.5, 0.6) is 5.75 Å². The fraction of sp³-hybridized carbons (Fsp3) is 0.455. The van der Waals surface area contributed by atoms with Gasteiger partial charge in [0.1, 0.15) is 5.75 Å². The van der Waals surface area contributed by atoms with Gasteiger partial charge in [-0.3, -0.25) is 0 Å². The molecule has 1 aliphatic rings. The third-order valence-electron chi connectivity index (χ3n) is 2.74. The molecule has 0 amide bonds. The number of rotatable bonds is 1. The first-order valence-corrected chi connectivity index (χ1v) is 6.68. The predicted octanol–water partition coefficient (Wildman–Crippen LogP) is 3.73. The van der Waals surface area contributed by atoms with Crippen LogP contribution in [-0.2, 0) is 0 Å². The molecular formula is C11H13Br2NO. The van der Waals surface area contributed by atoms with Crippen molar-refractivity contribution in [2.24, 2.45) is 0 Å². The summed E-state index contributed by atoms with van der Waals surface area (Å²) in [5.41, 5.74) is 0.982. The molecule has 2 N–H and O–H groups in total. The molecule has 0 spiro atoms. The van der Waals surface area contributed by atoms with E-state index in [1.807, 2.05) is 12.1 Å².